The first-order chi connectivity index (χ1) is 12.4. The normalized spacial score (nSPS) is 16.9. The summed E-state index contributed by atoms with van der Waals surface area (Å²) < 4.78 is 5.05. The summed E-state index contributed by atoms with van der Waals surface area (Å²) in [5.74, 6) is 2.08. The molecule has 6 heteroatoms. The van der Waals surface area contributed by atoms with Gasteiger partial charge in [-0.2, -0.15) is 4.98 Å². The molecule has 0 saturated carbocycles. The first-order valence-electron chi connectivity index (χ1n) is 9.25. The van der Waals surface area contributed by atoms with Crippen LogP contribution < -0.4 is 0 Å². The van der Waals surface area contributed by atoms with E-state index in [0.717, 1.165) is 43.7 Å². The zero-order valence-electron chi connectivity index (χ0n) is 16.1. The molecule has 6 nitrogen and oxygen atoms in total. The van der Waals surface area contributed by atoms with E-state index in [1.807, 2.05) is 30.8 Å². The molecule has 0 N–H and O–H groups in total. The number of hydrogen-bond donors (Lipinski definition) is 0. The summed E-state index contributed by atoms with van der Waals surface area (Å²) in [6.07, 6.45) is 2.79. The maximum absolute atomic E-state index is 13.1. The number of nitrogens with zero attached hydrogens (tertiary/aromatic N) is 4. The fourth-order valence-electron chi connectivity index (χ4n) is 3.62. The van der Waals surface area contributed by atoms with Crippen molar-refractivity contribution in [3.05, 3.63) is 47.1 Å². The molecule has 1 aliphatic heterocycles. The summed E-state index contributed by atoms with van der Waals surface area (Å²) in [4.78, 5) is 21.4. The van der Waals surface area contributed by atoms with Crippen LogP contribution in [0.3, 0.4) is 0 Å². The SMILES string of the molecule is Cc1ccc(C(C(=O)N2CCC(Cc3noc(C)n3)CC2)N(C)C)cc1. The Balaban J connectivity index is 1.61. The third kappa shape index (κ3) is 4.30. The molecule has 0 aliphatic carbocycles. The summed E-state index contributed by atoms with van der Waals surface area (Å²) in [5.41, 5.74) is 2.26. The largest absolute Gasteiger partial charge is 0.341 e. The number of likely N-dealkylation sites (tertiary alicyclic amines) is 1. The molecule has 1 aromatic carbocycles. The molecule has 26 heavy (non-hydrogen) atoms. The van der Waals surface area contributed by atoms with Crippen molar-refractivity contribution < 1.29 is 9.32 Å². The van der Waals surface area contributed by atoms with Crippen molar-refractivity contribution in [3.63, 3.8) is 0 Å². The summed E-state index contributed by atoms with van der Waals surface area (Å²) >= 11 is 0. The van der Waals surface area contributed by atoms with Crippen LogP contribution in [0.1, 0.15) is 41.7 Å². The number of carbonyl (C=O) groups excluding carboxylic acids is 1. The van der Waals surface area contributed by atoms with Crippen molar-refractivity contribution >= 4 is 5.91 Å². The van der Waals surface area contributed by atoms with Crippen LogP contribution in [0.2, 0.25) is 0 Å². The second-order valence-corrected chi connectivity index (χ2v) is 7.48. The Morgan fingerprint density at radius 1 is 1.23 bits per heavy atom. The van der Waals surface area contributed by atoms with E-state index in [1.54, 1.807) is 0 Å². The first-order valence-corrected chi connectivity index (χ1v) is 9.25. The van der Waals surface area contributed by atoms with Crippen LogP contribution in [-0.2, 0) is 11.2 Å². The van der Waals surface area contributed by atoms with Gasteiger partial charge in [0.05, 0.1) is 0 Å². The lowest BCUT2D eigenvalue weighted by molar-refractivity contribution is -0.137. The number of amides is 1. The predicted octanol–water partition coefficient (Wildman–Crippen LogP) is 2.77. The van der Waals surface area contributed by atoms with Crippen molar-refractivity contribution in [3.8, 4) is 0 Å². The van der Waals surface area contributed by atoms with Gasteiger partial charge in [0.2, 0.25) is 11.8 Å². The number of benzene rings is 1. The van der Waals surface area contributed by atoms with Gasteiger partial charge in [-0.3, -0.25) is 9.69 Å². The third-order valence-electron chi connectivity index (χ3n) is 5.11. The minimum Gasteiger partial charge on any atom is -0.341 e. The molecule has 1 amide bonds. The predicted molar refractivity (Wildman–Crippen MR) is 99.7 cm³/mol. The quantitative estimate of drug-likeness (QED) is 0.824. The fourth-order valence-corrected chi connectivity index (χ4v) is 3.62. The van der Waals surface area contributed by atoms with Crippen molar-refractivity contribution in [1.29, 1.82) is 0 Å². The molecule has 1 aromatic heterocycles. The van der Waals surface area contributed by atoms with Crippen LogP contribution >= 0.6 is 0 Å². The van der Waals surface area contributed by atoms with E-state index < -0.39 is 0 Å². The first kappa shape index (κ1) is 18.6. The Bertz CT molecular complexity index is 731. The fraction of sp³-hybridized carbons (Fsp3) is 0.550. The topological polar surface area (TPSA) is 62.5 Å². The molecule has 1 saturated heterocycles. The van der Waals surface area contributed by atoms with Crippen molar-refractivity contribution in [2.75, 3.05) is 27.2 Å². The van der Waals surface area contributed by atoms with Gasteiger partial charge in [-0.25, -0.2) is 0 Å². The molecule has 0 radical (unpaired) electrons. The summed E-state index contributed by atoms with van der Waals surface area (Å²) in [7, 11) is 3.93. The number of piperidine rings is 1. The highest BCUT2D eigenvalue weighted by atomic mass is 16.5. The lowest BCUT2D eigenvalue weighted by Crippen LogP contribution is -2.44. The standard InChI is InChI=1S/C20H28N4O2/c1-14-5-7-17(8-6-14)19(23(3)4)20(25)24-11-9-16(10-12-24)13-18-21-15(2)26-22-18/h5-8,16,19H,9-13H2,1-4H3. The maximum atomic E-state index is 13.1. The minimum absolute atomic E-state index is 0.188. The van der Waals surface area contributed by atoms with E-state index in [-0.39, 0.29) is 11.9 Å². The molecule has 1 aliphatic rings. The van der Waals surface area contributed by atoms with Crippen molar-refractivity contribution in [1.82, 2.24) is 19.9 Å². The van der Waals surface area contributed by atoms with Gasteiger partial charge in [0.1, 0.15) is 6.04 Å². The van der Waals surface area contributed by atoms with E-state index in [2.05, 4.69) is 41.3 Å². The van der Waals surface area contributed by atoms with Crippen molar-refractivity contribution in [2.45, 2.75) is 39.2 Å². The van der Waals surface area contributed by atoms with E-state index in [1.165, 1.54) is 5.56 Å². The monoisotopic (exact) mass is 356 g/mol. The second kappa shape index (κ2) is 7.99. The molecule has 140 valence electrons. The molecule has 1 atom stereocenters. The summed E-state index contributed by atoms with van der Waals surface area (Å²) in [5, 5.41) is 3.99. The van der Waals surface area contributed by atoms with Crippen LogP contribution in [-0.4, -0.2) is 53.0 Å². The summed E-state index contributed by atoms with van der Waals surface area (Å²) in [6, 6.07) is 8.02. The lowest BCUT2D eigenvalue weighted by atomic mass is 9.92. The molecule has 0 bridgehead atoms. The van der Waals surface area contributed by atoms with Gasteiger partial charge in [-0.15, -0.1) is 0 Å². The summed E-state index contributed by atoms with van der Waals surface area (Å²) in [6.45, 7) is 5.45. The Morgan fingerprint density at radius 3 is 2.42 bits per heavy atom. The smallest absolute Gasteiger partial charge is 0.244 e. The van der Waals surface area contributed by atoms with Gasteiger partial charge < -0.3 is 9.42 Å². The lowest BCUT2D eigenvalue weighted by Gasteiger charge is -2.36. The van der Waals surface area contributed by atoms with Gasteiger partial charge in [0.15, 0.2) is 5.82 Å². The minimum atomic E-state index is -0.230. The van der Waals surface area contributed by atoms with Gasteiger partial charge in [0, 0.05) is 26.4 Å². The number of aromatic nitrogens is 2. The molecular weight excluding hydrogens is 328 g/mol. The average molecular weight is 356 g/mol. The van der Waals surface area contributed by atoms with Crippen LogP contribution in [0.15, 0.2) is 28.8 Å². The van der Waals surface area contributed by atoms with E-state index in [0.29, 0.717) is 11.8 Å². The number of carbonyl (C=O) groups is 1. The number of hydrogen-bond acceptors (Lipinski definition) is 5. The van der Waals surface area contributed by atoms with Gasteiger partial charge in [-0.05, 0) is 45.3 Å². The average Bonchev–Trinajstić information content (AvgIpc) is 3.02. The molecule has 1 unspecified atom stereocenters. The van der Waals surface area contributed by atoms with Gasteiger partial charge >= 0.3 is 0 Å². The van der Waals surface area contributed by atoms with Crippen LogP contribution in [0.25, 0.3) is 0 Å². The number of aryl methyl sites for hydroxylation is 2. The highest BCUT2D eigenvalue weighted by Gasteiger charge is 2.31. The van der Waals surface area contributed by atoms with Gasteiger partial charge in [-0.1, -0.05) is 35.0 Å². The Hall–Kier alpha value is -2.21. The van der Waals surface area contributed by atoms with E-state index in [4.69, 9.17) is 4.52 Å². The van der Waals surface area contributed by atoms with E-state index in [9.17, 15) is 4.79 Å². The number of likely N-dealkylation sites (N-methyl/N-ethyl adjacent to an activating group) is 1. The molecule has 2 aromatic rings. The Kier molecular flexibility index (Phi) is 5.71. The van der Waals surface area contributed by atoms with E-state index >= 15 is 0 Å². The van der Waals surface area contributed by atoms with Crippen molar-refractivity contribution in [2.24, 2.45) is 5.92 Å². The highest BCUT2D eigenvalue weighted by Crippen LogP contribution is 2.26. The van der Waals surface area contributed by atoms with Crippen LogP contribution in [0.5, 0.6) is 0 Å². The zero-order valence-corrected chi connectivity index (χ0v) is 16.1. The zero-order chi connectivity index (χ0) is 18.7. The van der Waals surface area contributed by atoms with Gasteiger partial charge in [0.25, 0.3) is 0 Å². The highest BCUT2D eigenvalue weighted by molar-refractivity contribution is 5.83. The van der Waals surface area contributed by atoms with Crippen LogP contribution in [0.4, 0.5) is 0 Å². The van der Waals surface area contributed by atoms with Crippen LogP contribution in [0, 0.1) is 19.8 Å². The molecule has 3 rings (SSSR count). The number of rotatable bonds is 5. The molecular formula is C20H28N4O2. The molecule has 2 heterocycles. The molecule has 1 fully saturated rings. The maximum Gasteiger partial charge on any atom is 0.244 e. The Morgan fingerprint density at radius 2 is 1.88 bits per heavy atom. The third-order valence-corrected chi connectivity index (χ3v) is 5.11. The molecule has 0 spiro atoms. The second-order valence-electron chi connectivity index (χ2n) is 7.48. The Labute approximate surface area is 155 Å².